The summed E-state index contributed by atoms with van der Waals surface area (Å²) in [4.78, 5) is 29.0. The van der Waals surface area contributed by atoms with E-state index in [9.17, 15) is 9.59 Å². The summed E-state index contributed by atoms with van der Waals surface area (Å²) in [6.07, 6.45) is 2.91. The van der Waals surface area contributed by atoms with Crippen molar-refractivity contribution in [2.45, 2.75) is 63.9 Å². The number of aryl methyl sites for hydroxylation is 1. The molecule has 2 aromatic carbocycles. The number of halogens is 1. The summed E-state index contributed by atoms with van der Waals surface area (Å²) in [6.45, 7) is 7.18. The Morgan fingerprint density at radius 3 is 2.45 bits per heavy atom. The molecule has 0 radical (unpaired) electrons. The zero-order valence-electron chi connectivity index (χ0n) is 18.7. The molecule has 0 aliphatic heterocycles. The topological polar surface area (TPSA) is 49.4 Å². The molecule has 0 unspecified atom stereocenters. The van der Waals surface area contributed by atoms with Crippen LogP contribution in [-0.2, 0) is 16.1 Å². The molecular weight excluding hydrogens is 428 g/mol. The largest absolute Gasteiger partial charge is 0.354 e. The van der Waals surface area contributed by atoms with E-state index in [4.69, 9.17) is 11.6 Å². The quantitative estimate of drug-likeness (QED) is 0.319. The third-order valence-electron chi connectivity index (χ3n) is 5.22. The van der Waals surface area contributed by atoms with Gasteiger partial charge in [-0.15, -0.1) is 11.8 Å². The third kappa shape index (κ3) is 8.23. The van der Waals surface area contributed by atoms with Gasteiger partial charge in [0.2, 0.25) is 11.8 Å². The average molecular weight is 461 g/mol. The number of nitrogens with zero attached hydrogens (tertiary/aromatic N) is 1. The fourth-order valence-electron chi connectivity index (χ4n) is 3.33. The highest BCUT2D eigenvalue weighted by molar-refractivity contribution is 7.99. The first-order chi connectivity index (χ1) is 15.0. The average Bonchev–Trinajstić information content (AvgIpc) is 2.76. The van der Waals surface area contributed by atoms with Gasteiger partial charge in [-0.2, -0.15) is 0 Å². The number of hydrogen-bond donors (Lipinski definition) is 1. The van der Waals surface area contributed by atoms with Gasteiger partial charge in [-0.25, -0.2) is 0 Å². The van der Waals surface area contributed by atoms with Crippen molar-refractivity contribution >= 4 is 35.2 Å². The van der Waals surface area contributed by atoms with Crippen molar-refractivity contribution < 1.29 is 9.59 Å². The summed E-state index contributed by atoms with van der Waals surface area (Å²) in [5.74, 6) is 0.587. The smallest absolute Gasteiger partial charge is 0.242 e. The maximum absolute atomic E-state index is 13.2. The highest BCUT2D eigenvalue weighted by atomic mass is 35.5. The van der Waals surface area contributed by atoms with E-state index in [2.05, 4.69) is 12.2 Å². The number of benzene rings is 2. The van der Waals surface area contributed by atoms with E-state index < -0.39 is 6.04 Å². The third-order valence-corrected chi connectivity index (χ3v) is 6.48. The molecule has 2 amide bonds. The van der Waals surface area contributed by atoms with E-state index in [1.54, 1.807) is 16.7 Å². The second kappa shape index (κ2) is 13.4. The lowest BCUT2D eigenvalue weighted by Crippen LogP contribution is -2.49. The van der Waals surface area contributed by atoms with Gasteiger partial charge in [0.1, 0.15) is 6.04 Å². The zero-order chi connectivity index (χ0) is 22.6. The second-order valence-electron chi connectivity index (χ2n) is 7.57. The van der Waals surface area contributed by atoms with Crippen molar-refractivity contribution in [2.24, 2.45) is 0 Å². The minimum Gasteiger partial charge on any atom is -0.354 e. The number of carbonyl (C=O) groups is 2. The predicted molar refractivity (Wildman–Crippen MR) is 131 cm³/mol. The van der Waals surface area contributed by atoms with Crippen molar-refractivity contribution in [3.8, 4) is 0 Å². The van der Waals surface area contributed by atoms with Gasteiger partial charge < -0.3 is 10.2 Å². The number of carbonyl (C=O) groups excluding carboxylic acids is 2. The molecule has 0 fully saturated rings. The van der Waals surface area contributed by atoms with E-state index in [1.165, 1.54) is 0 Å². The summed E-state index contributed by atoms with van der Waals surface area (Å²) < 4.78 is 0. The van der Waals surface area contributed by atoms with E-state index in [0.29, 0.717) is 36.7 Å². The lowest BCUT2D eigenvalue weighted by molar-refractivity contribution is -0.141. The van der Waals surface area contributed by atoms with Gasteiger partial charge in [-0.05, 0) is 55.2 Å². The molecule has 0 bridgehead atoms. The van der Waals surface area contributed by atoms with Crippen LogP contribution in [0.25, 0.3) is 0 Å². The number of amides is 2. The summed E-state index contributed by atoms with van der Waals surface area (Å²) in [5.41, 5.74) is 2.19. The van der Waals surface area contributed by atoms with Gasteiger partial charge in [0.05, 0.1) is 0 Å². The van der Waals surface area contributed by atoms with Crippen molar-refractivity contribution in [2.75, 3.05) is 12.3 Å². The van der Waals surface area contributed by atoms with E-state index in [1.807, 2.05) is 62.4 Å². The molecule has 2 rings (SSSR count). The fourth-order valence-corrected chi connectivity index (χ4v) is 4.29. The number of rotatable bonds is 12. The van der Waals surface area contributed by atoms with Crippen LogP contribution in [0.4, 0.5) is 0 Å². The molecule has 0 aliphatic rings. The summed E-state index contributed by atoms with van der Waals surface area (Å²) in [7, 11) is 0. The molecule has 31 heavy (non-hydrogen) atoms. The lowest BCUT2D eigenvalue weighted by atomic mass is 10.1. The molecule has 0 spiro atoms. The molecule has 0 heterocycles. The van der Waals surface area contributed by atoms with Crippen LogP contribution >= 0.6 is 23.4 Å². The Balaban J connectivity index is 2.10. The number of hydrogen-bond acceptors (Lipinski definition) is 3. The molecule has 4 nitrogen and oxygen atoms in total. The summed E-state index contributed by atoms with van der Waals surface area (Å²) >= 11 is 7.57. The van der Waals surface area contributed by atoms with Crippen LogP contribution in [0.2, 0.25) is 5.02 Å². The molecule has 168 valence electrons. The van der Waals surface area contributed by atoms with E-state index in [0.717, 1.165) is 28.9 Å². The van der Waals surface area contributed by atoms with Crippen LogP contribution in [0.15, 0.2) is 53.4 Å². The molecule has 6 heteroatoms. The molecule has 2 aromatic rings. The Kier molecular flexibility index (Phi) is 11.0. The monoisotopic (exact) mass is 460 g/mol. The SMILES string of the molecule is CCCCNC(=O)[C@@H](CC)N(Cc1ccccc1C)C(=O)CCSc1ccc(Cl)cc1. The molecular formula is C25H33ClN2O2S. The van der Waals surface area contributed by atoms with Gasteiger partial charge in [-0.3, -0.25) is 9.59 Å². The van der Waals surface area contributed by atoms with Gasteiger partial charge >= 0.3 is 0 Å². The van der Waals surface area contributed by atoms with Crippen LogP contribution in [0.3, 0.4) is 0 Å². The van der Waals surface area contributed by atoms with Crippen molar-refractivity contribution in [1.29, 1.82) is 0 Å². The number of unbranched alkanes of at least 4 members (excludes halogenated alkanes) is 1. The lowest BCUT2D eigenvalue weighted by Gasteiger charge is -2.31. The minimum atomic E-state index is -0.468. The fraction of sp³-hybridized carbons (Fsp3) is 0.440. The normalized spacial score (nSPS) is 11.7. The Hall–Kier alpha value is -1.98. The van der Waals surface area contributed by atoms with Gasteiger partial charge in [-0.1, -0.05) is 56.1 Å². The predicted octanol–water partition coefficient (Wildman–Crippen LogP) is 5.85. The Morgan fingerprint density at radius 2 is 1.81 bits per heavy atom. The summed E-state index contributed by atoms with van der Waals surface area (Å²) in [6, 6.07) is 15.2. The number of thioether (sulfide) groups is 1. The van der Waals surface area contributed by atoms with Crippen LogP contribution < -0.4 is 5.32 Å². The van der Waals surface area contributed by atoms with Gasteiger partial charge in [0.25, 0.3) is 0 Å². The molecule has 1 N–H and O–H groups in total. The van der Waals surface area contributed by atoms with Crippen molar-refractivity contribution in [3.05, 3.63) is 64.7 Å². The van der Waals surface area contributed by atoms with Gasteiger partial charge in [0.15, 0.2) is 0 Å². The Bertz CT molecular complexity index is 842. The zero-order valence-corrected chi connectivity index (χ0v) is 20.3. The van der Waals surface area contributed by atoms with Crippen LogP contribution in [-0.4, -0.2) is 35.1 Å². The number of nitrogens with one attached hydrogen (secondary N) is 1. The van der Waals surface area contributed by atoms with Crippen LogP contribution in [0, 0.1) is 6.92 Å². The molecule has 0 saturated heterocycles. The highest BCUT2D eigenvalue weighted by Crippen LogP contribution is 2.22. The minimum absolute atomic E-state index is 0.00204. The van der Waals surface area contributed by atoms with Crippen LogP contribution in [0.5, 0.6) is 0 Å². The molecule has 0 aromatic heterocycles. The molecule has 0 saturated carbocycles. The Labute approximate surface area is 195 Å². The van der Waals surface area contributed by atoms with Crippen molar-refractivity contribution in [3.63, 3.8) is 0 Å². The maximum atomic E-state index is 13.2. The van der Waals surface area contributed by atoms with Gasteiger partial charge in [0, 0.05) is 35.2 Å². The summed E-state index contributed by atoms with van der Waals surface area (Å²) in [5, 5.41) is 3.71. The Morgan fingerprint density at radius 1 is 1.10 bits per heavy atom. The van der Waals surface area contributed by atoms with Crippen molar-refractivity contribution in [1.82, 2.24) is 10.2 Å². The first-order valence-corrected chi connectivity index (χ1v) is 12.3. The maximum Gasteiger partial charge on any atom is 0.242 e. The van der Waals surface area contributed by atoms with E-state index in [-0.39, 0.29) is 11.8 Å². The van der Waals surface area contributed by atoms with E-state index >= 15 is 0 Å². The second-order valence-corrected chi connectivity index (χ2v) is 9.17. The van der Waals surface area contributed by atoms with Crippen LogP contribution in [0.1, 0.15) is 50.7 Å². The first kappa shape index (κ1) is 25.3. The first-order valence-electron chi connectivity index (χ1n) is 11.0. The standard InChI is InChI=1S/C25H33ClN2O2S/c1-4-6-16-27-25(30)23(5-2)28(18-20-10-8-7-9-19(20)3)24(29)15-17-31-22-13-11-21(26)12-14-22/h7-14,23H,4-6,15-18H2,1-3H3,(H,27,30)/t23-/m1/s1. The highest BCUT2D eigenvalue weighted by Gasteiger charge is 2.28. The molecule has 1 atom stereocenters. The molecule has 0 aliphatic carbocycles.